The fourth-order valence-corrected chi connectivity index (χ4v) is 3.14. The van der Waals surface area contributed by atoms with Crippen molar-refractivity contribution in [3.63, 3.8) is 0 Å². The third kappa shape index (κ3) is 3.48. The highest BCUT2D eigenvalue weighted by atomic mass is 35.5. The van der Waals surface area contributed by atoms with Crippen LogP contribution in [0.25, 0.3) is 22.0 Å². The second kappa shape index (κ2) is 7.39. The molecule has 0 aliphatic carbocycles. The van der Waals surface area contributed by atoms with E-state index >= 15 is 0 Å². The Bertz CT molecular complexity index is 926. The zero-order chi connectivity index (χ0) is 16.6. The van der Waals surface area contributed by atoms with Gasteiger partial charge in [0.05, 0.1) is 11.9 Å². The molecule has 0 saturated carbocycles. The lowest BCUT2D eigenvalue weighted by Crippen LogP contribution is -2.06. The molecule has 0 fully saturated rings. The van der Waals surface area contributed by atoms with Crippen molar-refractivity contribution in [2.45, 2.75) is 13.3 Å². The molecule has 24 heavy (non-hydrogen) atoms. The number of rotatable bonds is 3. The lowest BCUT2D eigenvalue weighted by Gasteiger charge is -2.16. The molecule has 0 amide bonds. The lowest BCUT2D eigenvalue weighted by atomic mass is 9.92. The van der Waals surface area contributed by atoms with E-state index in [1.165, 1.54) is 0 Å². The van der Waals surface area contributed by atoms with Crippen molar-refractivity contribution in [1.29, 1.82) is 0 Å². The highest BCUT2D eigenvalue weighted by molar-refractivity contribution is 6.34. The summed E-state index contributed by atoms with van der Waals surface area (Å²) in [4.78, 5) is 15.8. The normalized spacial score (nSPS) is 10.5. The van der Waals surface area contributed by atoms with Crippen LogP contribution in [-0.4, -0.2) is 16.1 Å². The molecule has 3 rings (SSSR count). The Hall–Kier alpha value is -1.81. The van der Waals surface area contributed by atoms with Gasteiger partial charge in [-0.25, -0.2) is 0 Å². The topological polar surface area (TPSA) is 50.2 Å². The molecule has 0 atom stereocenters. The van der Waals surface area contributed by atoms with E-state index in [-0.39, 0.29) is 18.8 Å². The number of nitrogens with zero attached hydrogens (tertiary/aromatic N) is 1. The molecule has 0 radical (unpaired) electrons. The van der Waals surface area contributed by atoms with Crippen molar-refractivity contribution in [3.05, 3.63) is 63.8 Å². The average Bonchev–Trinajstić information content (AvgIpc) is 2.49. The Kier molecular flexibility index (Phi) is 5.70. The van der Waals surface area contributed by atoms with Crippen LogP contribution in [0.1, 0.15) is 11.3 Å². The fourth-order valence-electron chi connectivity index (χ4n) is 2.74. The van der Waals surface area contributed by atoms with Gasteiger partial charge in [-0.1, -0.05) is 41.4 Å². The molecule has 6 heteroatoms. The van der Waals surface area contributed by atoms with Gasteiger partial charge >= 0.3 is 5.97 Å². The van der Waals surface area contributed by atoms with Crippen molar-refractivity contribution >= 4 is 52.5 Å². The minimum Gasteiger partial charge on any atom is -0.481 e. The zero-order valence-corrected chi connectivity index (χ0v) is 15.0. The van der Waals surface area contributed by atoms with Crippen molar-refractivity contribution < 1.29 is 9.90 Å². The van der Waals surface area contributed by atoms with Crippen LogP contribution in [0.5, 0.6) is 0 Å². The second-order valence-corrected chi connectivity index (χ2v) is 6.11. The number of halogens is 3. The van der Waals surface area contributed by atoms with E-state index in [2.05, 4.69) is 4.98 Å². The van der Waals surface area contributed by atoms with E-state index in [0.29, 0.717) is 21.3 Å². The second-order valence-electron chi connectivity index (χ2n) is 5.26. The van der Waals surface area contributed by atoms with Crippen LogP contribution in [0.3, 0.4) is 0 Å². The predicted octanol–water partition coefficient (Wildman–Crippen LogP) is 5.57. The first kappa shape index (κ1) is 18.5. The van der Waals surface area contributed by atoms with Gasteiger partial charge in [0, 0.05) is 26.7 Å². The van der Waals surface area contributed by atoms with Gasteiger partial charge in [0.1, 0.15) is 0 Å². The molecule has 124 valence electrons. The van der Waals surface area contributed by atoms with Crippen LogP contribution in [-0.2, 0) is 11.2 Å². The summed E-state index contributed by atoms with van der Waals surface area (Å²) in [7, 11) is 0. The van der Waals surface area contributed by atoms with Crippen LogP contribution < -0.4 is 0 Å². The minimum atomic E-state index is -0.912. The van der Waals surface area contributed by atoms with E-state index in [1.54, 1.807) is 18.2 Å². The molecule has 0 saturated heterocycles. The third-order valence-electron chi connectivity index (χ3n) is 3.73. The maximum atomic E-state index is 11.3. The Morgan fingerprint density at radius 3 is 2.54 bits per heavy atom. The van der Waals surface area contributed by atoms with Crippen LogP contribution in [0.2, 0.25) is 10.0 Å². The largest absolute Gasteiger partial charge is 0.481 e. The van der Waals surface area contributed by atoms with Gasteiger partial charge in [-0.05, 0) is 42.3 Å². The van der Waals surface area contributed by atoms with Gasteiger partial charge in [-0.2, -0.15) is 0 Å². The number of hydrogen-bond donors (Lipinski definition) is 1. The van der Waals surface area contributed by atoms with Gasteiger partial charge in [-0.3, -0.25) is 9.78 Å². The van der Waals surface area contributed by atoms with Crippen molar-refractivity contribution in [2.75, 3.05) is 0 Å². The summed E-state index contributed by atoms with van der Waals surface area (Å²) >= 11 is 12.5. The highest BCUT2D eigenvalue weighted by Gasteiger charge is 2.18. The van der Waals surface area contributed by atoms with E-state index < -0.39 is 5.97 Å². The molecule has 1 N–H and O–H groups in total. The van der Waals surface area contributed by atoms with Crippen molar-refractivity contribution in [3.8, 4) is 11.1 Å². The van der Waals surface area contributed by atoms with Crippen LogP contribution in [0, 0.1) is 6.92 Å². The minimum absolute atomic E-state index is 0. The Morgan fingerprint density at radius 1 is 1.17 bits per heavy atom. The molecule has 2 aromatic carbocycles. The maximum absolute atomic E-state index is 11.3. The SMILES string of the molecule is Cc1nc2ccc(Cl)cc2c(-c2ccccc2Cl)c1CC(=O)O.Cl. The molecule has 3 aromatic rings. The van der Waals surface area contributed by atoms with Gasteiger partial charge in [0.2, 0.25) is 0 Å². The first-order valence-electron chi connectivity index (χ1n) is 7.03. The molecule has 1 aromatic heterocycles. The van der Waals surface area contributed by atoms with Gasteiger partial charge < -0.3 is 5.11 Å². The number of benzene rings is 2. The summed E-state index contributed by atoms with van der Waals surface area (Å²) in [6.45, 7) is 1.81. The average molecular weight is 383 g/mol. The van der Waals surface area contributed by atoms with E-state index in [0.717, 1.165) is 22.0 Å². The monoisotopic (exact) mass is 381 g/mol. The summed E-state index contributed by atoms with van der Waals surface area (Å²) in [6, 6.07) is 12.8. The van der Waals surface area contributed by atoms with Crippen LogP contribution in [0.4, 0.5) is 0 Å². The molecule has 1 heterocycles. The molecule has 0 bridgehead atoms. The van der Waals surface area contributed by atoms with Gasteiger partial charge in [-0.15, -0.1) is 12.4 Å². The number of pyridine rings is 1. The number of carboxylic acids is 1. The Labute approximate surface area is 155 Å². The van der Waals surface area contributed by atoms with Gasteiger partial charge in [0.25, 0.3) is 0 Å². The predicted molar refractivity (Wildman–Crippen MR) is 101 cm³/mol. The highest BCUT2D eigenvalue weighted by Crippen LogP contribution is 2.38. The standard InChI is InChI=1S/C18H13Cl2NO2.ClH/c1-10-13(9-17(22)23)18(12-4-2-3-5-15(12)20)14-8-11(19)6-7-16(14)21-10;/h2-8H,9H2,1H3,(H,22,23);1H. The number of fused-ring (bicyclic) bond motifs is 1. The first-order valence-corrected chi connectivity index (χ1v) is 7.78. The van der Waals surface area contributed by atoms with E-state index in [9.17, 15) is 9.90 Å². The third-order valence-corrected chi connectivity index (χ3v) is 4.29. The quantitative estimate of drug-likeness (QED) is 0.644. The summed E-state index contributed by atoms with van der Waals surface area (Å²) < 4.78 is 0. The molecular weight excluding hydrogens is 369 g/mol. The molecule has 0 aliphatic rings. The van der Waals surface area contributed by atoms with Gasteiger partial charge in [0.15, 0.2) is 0 Å². The summed E-state index contributed by atoms with van der Waals surface area (Å²) in [5, 5.41) is 11.2. The molecule has 0 unspecified atom stereocenters. The molecule has 3 nitrogen and oxygen atoms in total. The first-order chi connectivity index (χ1) is 11.0. The van der Waals surface area contributed by atoms with Crippen molar-refractivity contribution in [2.24, 2.45) is 0 Å². The summed E-state index contributed by atoms with van der Waals surface area (Å²) in [5.74, 6) is -0.912. The van der Waals surface area contributed by atoms with E-state index in [4.69, 9.17) is 23.2 Å². The number of aryl methyl sites for hydroxylation is 1. The Balaban J connectivity index is 0.00000208. The van der Waals surface area contributed by atoms with Crippen LogP contribution in [0.15, 0.2) is 42.5 Å². The number of carboxylic acid groups (broad SMARTS) is 1. The number of aliphatic carboxylic acids is 1. The number of aromatic nitrogens is 1. The fraction of sp³-hybridized carbons (Fsp3) is 0.111. The Morgan fingerprint density at radius 2 is 1.88 bits per heavy atom. The summed E-state index contributed by atoms with van der Waals surface area (Å²) in [5.41, 5.74) is 3.65. The molecule has 0 spiro atoms. The smallest absolute Gasteiger partial charge is 0.307 e. The van der Waals surface area contributed by atoms with Crippen molar-refractivity contribution in [1.82, 2.24) is 4.98 Å². The number of hydrogen-bond acceptors (Lipinski definition) is 2. The zero-order valence-electron chi connectivity index (χ0n) is 12.7. The molecular formula is C18H14Cl3NO2. The van der Waals surface area contributed by atoms with Crippen LogP contribution >= 0.6 is 35.6 Å². The number of carbonyl (C=O) groups is 1. The maximum Gasteiger partial charge on any atom is 0.307 e. The lowest BCUT2D eigenvalue weighted by molar-refractivity contribution is -0.136. The molecule has 0 aliphatic heterocycles. The summed E-state index contributed by atoms with van der Waals surface area (Å²) in [6.07, 6.45) is -0.123. The van der Waals surface area contributed by atoms with E-state index in [1.807, 2.05) is 31.2 Å².